The molecule has 6 nitrogen and oxygen atoms in total. The average molecular weight is 290 g/mol. The second-order valence-corrected chi connectivity index (χ2v) is 7.29. The molecule has 1 aliphatic rings. The topological polar surface area (TPSA) is 102 Å². The van der Waals surface area contributed by atoms with Gasteiger partial charge in [-0.2, -0.15) is 5.26 Å². The van der Waals surface area contributed by atoms with Crippen LogP contribution in [0, 0.1) is 11.3 Å². The molecule has 20 heavy (non-hydrogen) atoms. The van der Waals surface area contributed by atoms with E-state index in [9.17, 15) is 8.42 Å². The Bertz CT molecular complexity index is 817. The van der Waals surface area contributed by atoms with Crippen molar-refractivity contribution in [3.63, 3.8) is 0 Å². The minimum atomic E-state index is -3.03. The van der Waals surface area contributed by atoms with Crippen molar-refractivity contribution in [1.29, 1.82) is 5.26 Å². The molecule has 1 saturated heterocycles. The summed E-state index contributed by atoms with van der Waals surface area (Å²) in [5.74, 6) is 0.621. The van der Waals surface area contributed by atoms with Crippen molar-refractivity contribution in [3.8, 4) is 6.07 Å². The number of benzene rings is 1. The molecule has 2 aromatic rings. The molecule has 7 heteroatoms. The minimum absolute atomic E-state index is 0.0828. The van der Waals surface area contributed by atoms with E-state index in [1.54, 1.807) is 22.8 Å². The van der Waals surface area contributed by atoms with Gasteiger partial charge in [-0.1, -0.05) is 0 Å². The van der Waals surface area contributed by atoms with Gasteiger partial charge in [0.1, 0.15) is 0 Å². The normalized spacial score (nSPS) is 21.6. The predicted octanol–water partition coefficient (Wildman–Crippen LogP) is 1.24. The smallest absolute Gasteiger partial charge is 0.201 e. The summed E-state index contributed by atoms with van der Waals surface area (Å²) in [6, 6.07) is 6.99. The van der Waals surface area contributed by atoms with Crippen molar-refractivity contribution >= 4 is 26.8 Å². The van der Waals surface area contributed by atoms with Crippen LogP contribution in [0.5, 0.6) is 0 Å². The Balaban J connectivity index is 2.15. The monoisotopic (exact) mass is 290 g/mol. The highest BCUT2D eigenvalue weighted by atomic mass is 32.2. The zero-order valence-corrected chi connectivity index (χ0v) is 11.6. The molecule has 0 bridgehead atoms. The molecule has 1 atom stereocenters. The number of anilines is 1. The number of rotatable bonds is 1. The highest BCUT2D eigenvalue weighted by Gasteiger charge is 2.28. The number of hydrogen-bond acceptors (Lipinski definition) is 5. The number of fused-ring (bicyclic) bond motifs is 1. The van der Waals surface area contributed by atoms with Gasteiger partial charge in [0, 0.05) is 0 Å². The fourth-order valence-corrected chi connectivity index (χ4v) is 4.44. The van der Waals surface area contributed by atoms with Crippen LogP contribution < -0.4 is 5.73 Å². The number of nitrogen functional groups attached to an aromatic ring is 1. The maximum Gasteiger partial charge on any atom is 0.201 e. The molecule has 0 aliphatic carbocycles. The summed E-state index contributed by atoms with van der Waals surface area (Å²) < 4.78 is 25.4. The standard InChI is InChI=1S/C13H14N4O2S/c14-7-9-3-4-11-12(6-9)17(13(15)16-11)10-2-1-5-20(18,19)8-10/h3-4,6,10H,1-2,5,8H2,(H2,15,16). The lowest BCUT2D eigenvalue weighted by Crippen LogP contribution is -2.28. The van der Waals surface area contributed by atoms with E-state index in [4.69, 9.17) is 11.0 Å². The molecule has 2 heterocycles. The van der Waals surface area contributed by atoms with Crippen LogP contribution in [0.2, 0.25) is 0 Å². The lowest BCUT2D eigenvalue weighted by molar-refractivity contribution is 0.483. The summed E-state index contributed by atoms with van der Waals surface area (Å²) in [6.07, 6.45) is 1.38. The number of nitrogens with zero attached hydrogens (tertiary/aromatic N) is 3. The second-order valence-electron chi connectivity index (χ2n) is 5.07. The summed E-state index contributed by atoms with van der Waals surface area (Å²) in [7, 11) is -3.03. The summed E-state index contributed by atoms with van der Waals surface area (Å²) in [4.78, 5) is 4.25. The SMILES string of the molecule is N#Cc1ccc2nc(N)n(C3CCCS(=O)(=O)C3)c2c1. The third-order valence-corrected chi connectivity index (χ3v) is 5.45. The number of sulfone groups is 1. The number of nitriles is 1. The van der Waals surface area contributed by atoms with Gasteiger partial charge in [-0.25, -0.2) is 13.4 Å². The first-order valence-electron chi connectivity index (χ1n) is 6.38. The minimum Gasteiger partial charge on any atom is -0.369 e. The Hall–Kier alpha value is -2.07. The van der Waals surface area contributed by atoms with Crippen molar-refractivity contribution in [1.82, 2.24) is 9.55 Å². The summed E-state index contributed by atoms with van der Waals surface area (Å²) in [5.41, 5.74) is 7.86. The molecule has 1 fully saturated rings. The van der Waals surface area contributed by atoms with E-state index in [0.717, 1.165) is 11.9 Å². The number of imidazole rings is 1. The molecule has 0 amide bonds. The lowest BCUT2D eigenvalue weighted by atomic mass is 10.1. The Morgan fingerprint density at radius 3 is 2.95 bits per heavy atom. The zero-order chi connectivity index (χ0) is 14.3. The third kappa shape index (κ3) is 2.12. The van der Waals surface area contributed by atoms with Crippen LogP contribution in [0.1, 0.15) is 24.4 Å². The second kappa shape index (κ2) is 4.49. The van der Waals surface area contributed by atoms with E-state index >= 15 is 0 Å². The van der Waals surface area contributed by atoms with Gasteiger partial charge < -0.3 is 10.3 Å². The first kappa shape index (κ1) is 12.9. The molecular formula is C13H14N4O2S. The van der Waals surface area contributed by atoms with Gasteiger partial charge in [0.2, 0.25) is 5.95 Å². The van der Waals surface area contributed by atoms with Crippen molar-refractivity contribution in [2.75, 3.05) is 17.2 Å². The van der Waals surface area contributed by atoms with Crippen LogP contribution in [0.25, 0.3) is 11.0 Å². The van der Waals surface area contributed by atoms with Crippen molar-refractivity contribution in [2.45, 2.75) is 18.9 Å². The number of hydrogen-bond donors (Lipinski definition) is 1. The van der Waals surface area contributed by atoms with E-state index in [1.165, 1.54) is 0 Å². The first-order chi connectivity index (χ1) is 9.50. The first-order valence-corrected chi connectivity index (χ1v) is 8.20. The largest absolute Gasteiger partial charge is 0.369 e. The molecule has 1 unspecified atom stereocenters. The van der Waals surface area contributed by atoms with Crippen molar-refractivity contribution < 1.29 is 8.42 Å². The predicted molar refractivity (Wildman–Crippen MR) is 75.8 cm³/mol. The fourth-order valence-electron chi connectivity index (χ4n) is 2.77. The molecule has 0 spiro atoms. The summed E-state index contributed by atoms with van der Waals surface area (Å²) >= 11 is 0. The average Bonchev–Trinajstić information content (AvgIpc) is 2.72. The molecular weight excluding hydrogens is 276 g/mol. The lowest BCUT2D eigenvalue weighted by Gasteiger charge is -2.24. The van der Waals surface area contributed by atoms with Crippen molar-refractivity contribution in [3.05, 3.63) is 23.8 Å². The van der Waals surface area contributed by atoms with E-state index in [2.05, 4.69) is 11.1 Å². The van der Waals surface area contributed by atoms with E-state index in [1.807, 2.05) is 0 Å². The van der Waals surface area contributed by atoms with E-state index in [-0.39, 0.29) is 17.5 Å². The zero-order valence-electron chi connectivity index (χ0n) is 10.8. The van der Waals surface area contributed by atoms with E-state index in [0.29, 0.717) is 23.4 Å². The Kier molecular flexibility index (Phi) is 2.91. The van der Waals surface area contributed by atoms with Gasteiger partial charge in [0.25, 0.3) is 0 Å². The van der Waals surface area contributed by atoms with Crippen LogP contribution in [0.15, 0.2) is 18.2 Å². The van der Waals surface area contributed by atoms with Crippen LogP contribution in [-0.4, -0.2) is 29.5 Å². The Morgan fingerprint density at radius 1 is 1.45 bits per heavy atom. The highest BCUT2D eigenvalue weighted by Crippen LogP contribution is 2.30. The molecule has 104 valence electrons. The maximum atomic E-state index is 11.8. The van der Waals surface area contributed by atoms with E-state index < -0.39 is 9.84 Å². The maximum absolute atomic E-state index is 11.8. The fraction of sp³-hybridized carbons (Fsp3) is 0.385. The van der Waals surface area contributed by atoms with Gasteiger partial charge >= 0.3 is 0 Å². The van der Waals surface area contributed by atoms with Gasteiger partial charge in [-0.15, -0.1) is 0 Å². The third-order valence-electron chi connectivity index (χ3n) is 3.65. The van der Waals surface area contributed by atoms with Gasteiger partial charge in [0.15, 0.2) is 9.84 Å². The van der Waals surface area contributed by atoms with Crippen LogP contribution in [-0.2, 0) is 9.84 Å². The highest BCUT2D eigenvalue weighted by molar-refractivity contribution is 7.91. The van der Waals surface area contributed by atoms with Gasteiger partial charge in [-0.05, 0) is 31.0 Å². The molecule has 1 aliphatic heterocycles. The molecule has 0 radical (unpaired) electrons. The van der Waals surface area contributed by atoms with Gasteiger partial charge in [-0.3, -0.25) is 0 Å². The van der Waals surface area contributed by atoms with Gasteiger partial charge in [0.05, 0.1) is 40.2 Å². The van der Waals surface area contributed by atoms with Crippen LogP contribution in [0.4, 0.5) is 5.95 Å². The molecule has 0 saturated carbocycles. The molecule has 1 aromatic heterocycles. The van der Waals surface area contributed by atoms with Crippen LogP contribution >= 0.6 is 0 Å². The quantitative estimate of drug-likeness (QED) is 0.851. The Labute approximate surface area is 116 Å². The van der Waals surface area contributed by atoms with Crippen LogP contribution in [0.3, 0.4) is 0 Å². The molecule has 1 aromatic carbocycles. The Morgan fingerprint density at radius 2 is 2.25 bits per heavy atom. The summed E-state index contributed by atoms with van der Waals surface area (Å²) in [6.45, 7) is 0. The van der Waals surface area contributed by atoms with Crippen molar-refractivity contribution in [2.24, 2.45) is 0 Å². The number of nitrogens with two attached hydrogens (primary N) is 1. The molecule has 2 N–H and O–H groups in total. The summed E-state index contributed by atoms with van der Waals surface area (Å²) in [5, 5.41) is 8.98. The molecule has 3 rings (SSSR count). The number of aromatic nitrogens is 2.